The van der Waals surface area contributed by atoms with Crippen molar-refractivity contribution in [3.63, 3.8) is 0 Å². The Hall–Kier alpha value is -4.93. The van der Waals surface area contributed by atoms with Gasteiger partial charge in [-0.25, -0.2) is 0 Å². The Bertz CT molecular complexity index is 1620. The van der Waals surface area contributed by atoms with Crippen LogP contribution in [-0.4, -0.2) is 63.2 Å². The van der Waals surface area contributed by atoms with Gasteiger partial charge in [0.1, 0.15) is 0 Å². The average molecular weight is 580 g/mol. The number of carbonyl (C=O) groups excluding carboxylic acids is 2. The number of aromatic nitrogens is 5. The molecule has 43 heavy (non-hydrogen) atoms. The zero-order valence-corrected chi connectivity index (χ0v) is 25.3. The second kappa shape index (κ2) is 12.9. The van der Waals surface area contributed by atoms with Crippen LogP contribution in [-0.2, 0) is 17.8 Å². The summed E-state index contributed by atoms with van der Waals surface area (Å²) in [4.78, 5) is 33.4. The van der Waals surface area contributed by atoms with Crippen molar-refractivity contribution in [3.8, 4) is 11.3 Å². The highest BCUT2D eigenvalue weighted by Gasteiger charge is 2.30. The number of carbonyl (C=O) groups is 2. The maximum absolute atomic E-state index is 13.1. The predicted octanol–water partition coefficient (Wildman–Crippen LogP) is 5.02. The van der Waals surface area contributed by atoms with Crippen LogP contribution in [0.4, 0.5) is 22.9 Å². The fraction of sp³-hybridized carbons (Fsp3) is 0.344. The molecule has 0 saturated heterocycles. The van der Waals surface area contributed by atoms with Crippen LogP contribution in [0.3, 0.4) is 0 Å². The number of aryl methyl sites for hydroxylation is 2. The Balaban J connectivity index is 1.35. The van der Waals surface area contributed by atoms with E-state index in [4.69, 9.17) is 0 Å². The number of benzene rings is 1. The van der Waals surface area contributed by atoms with Gasteiger partial charge in [0.25, 0.3) is 5.91 Å². The van der Waals surface area contributed by atoms with Gasteiger partial charge in [-0.15, -0.1) is 15.3 Å². The third-order valence-corrected chi connectivity index (χ3v) is 7.26. The van der Waals surface area contributed by atoms with E-state index in [1.54, 1.807) is 30.3 Å². The molecule has 1 saturated carbocycles. The molecule has 0 bridgehead atoms. The first kappa shape index (κ1) is 29.6. The van der Waals surface area contributed by atoms with Crippen molar-refractivity contribution in [1.82, 2.24) is 30.3 Å². The maximum atomic E-state index is 13.1. The molecule has 11 nitrogen and oxygen atoms in total. The molecule has 11 heteroatoms. The van der Waals surface area contributed by atoms with Crippen molar-refractivity contribution in [2.75, 3.05) is 36.7 Å². The van der Waals surface area contributed by atoms with E-state index in [1.165, 1.54) is 5.56 Å². The molecule has 4 aromatic rings. The van der Waals surface area contributed by atoms with Gasteiger partial charge in [0, 0.05) is 44.9 Å². The summed E-state index contributed by atoms with van der Waals surface area (Å²) in [5.41, 5.74) is 6.89. The molecule has 1 aromatic carbocycles. The Kier molecular flexibility index (Phi) is 8.89. The minimum absolute atomic E-state index is 0.0235. The number of anilines is 4. The van der Waals surface area contributed by atoms with Crippen LogP contribution in [0, 0.1) is 12.8 Å². The number of hydrogen-bond acceptors (Lipinski definition) is 9. The predicted molar refractivity (Wildman–Crippen MR) is 167 cm³/mol. The minimum Gasteiger partial charge on any atom is -0.375 e. The van der Waals surface area contributed by atoms with Crippen LogP contribution in [0.1, 0.15) is 53.6 Å². The quantitative estimate of drug-likeness (QED) is 0.252. The number of rotatable bonds is 11. The van der Waals surface area contributed by atoms with Gasteiger partial charge < -0.3 is 20.4 Å². The van der Waals surface area contributed by atoms with E-state index in [0.29, 0.717) is 23.8 Å². The van der Waals surface area contributed by atoms with Crippen molar-refractivity contribution in [2.24, 2.45) is 5.92 Å². The van der Waals surface area contributed by atoms with Crippen molar-refractivity contribution >= 4 is 34.7 Å². The SMILES string of the molecule is CCCc1ccnc(CN(C)C(=O)c2ccc(-c3cccc(Nc4cc(NC(=O)C5CC5)nnc4C)c3N(C)C)nn2)c1. The summed E-state index contributed by atoms with van der Waals surface area (Å²) in [6.45, 7) is 4.38. The molecule has 2 amide bonds. The van der Waals surface area contributed by atoms with Crippen molar-refractivity contribution in [3.05, 3.63) is 77.4 Å². The second-order valence-corrected chi connectivity index (χ2v) is 11.1. The van der Waals surface area contributed by atoms with Gasteiger partial charge in [-0.3, -0.25) is 14.6 Å². The lowest BCUT2D eigenvalue weighted by molar-refractivity contribution is -0.117. The molecule has 1 fully saturated rings. The van der Waals surface area contributed by atoms with E-state index in [9.17, 15) is 9.59 Å². The number of nitrogens with zero attached hydrogens (tertiary/aromatic N) is 7. The molecular weight excluding hydrogens is 542 g/mol. The molecule has 3 aromatic heterocycles. The van der Waals surface area contributed by atoms with E-state index in [2.05, 4.69) is 42.9 Å². The third-order valence-electron chi connectivity index (χ3n) is 7.26. The number of pyridine rings is 1. The summed E-state index contributed by atoms with van der Waals surface area (Å²) < 4.78 is 0. The van der Waals surface area contributed by atoms with Crippen LogP contribution >= 0.6 is 0 Å². The Morgan fingerprint density at radius 2 is 1.77 bits per heavy atom. The van der Waals surface area contributed by atoms with Crippen molar-refractivity contribution in [2.45, 2.75) is 46.1 Å². The molecule has 5 rings (SSSR count). The first-order valence-corrected chi connectivity index (χ1v) is 14.5. The highest BCUT2D eigenvalue weighted by atomic mass is 16.2. The number of nitrogens with one attached hydrogen (secondary N) is 2. The lowest BCUT2D eigenvalue weighted by atomic mass is 10.1. The largest absolute Gasteiger partial charge is 0.375 e. The van der Waals surface area contributed by atoms with E-state index in [1.807, 2.05) is 62.3 Å². The number of para-hydroxylation sites is 1. The second-order valence-electron chi connectivity index (χ2n) is 11.1. The number of amides is 2. The molecule has 2 N–H and O–H groups in total. The van der Waals surface area contributed by atoms with Gasteiger partial charge in [-0.1, -0.05) is 25.5 Å². The molecule has 0 atom stereocenters. The first-order chi connectivity index (χ1) is 20.7. The lowest BCUT2D eigenvalue weighted by Gasteiger charge is -2.22. The summed E-state index contributed by atoms with van der Waals surface area (Å²) >= 11 is 0. The van der Waals surface area contributed by atoms with Gasteiger partial charge in [0.05, 0.1) is 40.7 Å². The zero-order valence-electron chi connectivity index (χ0n) is 25.3. The monoisotopic (exact) mass is 579 g/mol. The summed E-state index contributed by atoms with van der Waals surface area (Å²) in [6, 6.07) is 15.2. The minimum atomic E-state index is -0.227. The summed E-state index contributed by atoms with van der Waals surface area (Å²) in [7, 11) is 5.64. The summed E-state index contributed by atoms with van der Waals surface area (Å²) in [5, 5.41) is 23.4. The van der Waals surface area contributed by atoms with Crippen LogP contribution in [0.25, 0.3) is 11.3 Å². The fourth-order valence-corrected chi connectivity index (χ4v) is 4.85. The van der Waals surface area contributed by atoms with E-state index >= 15 is 0 Å². The molecular formula is C32H37N9O2. The zero-order chi connectivity index (χ0) is 30.5. The Labute approximate surface area is 251 Å². The van der Waals surface area contributed by atoms with Crippen LogP contribution in [0.15, 0.2) is 54.7 Å². The standard InChI is InChI=1S/C32H37N9O2/c1-6-8-21-15-16-33-23(17-21)19-41(5)32(43)27-14-13-25(37-38-27)24-9-7-10-26(30(24)40(3)4)34-28-18-29(39-36-20(28)2)35-31(42)22-11-12-22/h7,9-10,13-18,22H,6,8,11-12,19H2,1-5H3,(H2,34,35,39,42). The number of hydrogen-bond donors (Lipinski definition) is 2. The molecule has 0 radical (unpaired) electrons. The molecule has 0 spiro atoms. The van der Waals surface area contributed by atoms with Crippen molar-refractivity contribution < 1.29 is 9.59 Å². The maximum Gasteiger partial charge on any atom is 0.274 e. The Morgan fingerprint density at radius 3 is 2.47 bits per heavy atom. The van der Waals surface area contributed by atoms with E-state index < -0.39 is 0 Å². The van der Waals surface area contributed by atoms with Gasteiger partial charge >= 0.3 is 0 Å². The van der Waals surface area contributed by atoms with Crippen LogP contribution in [0.5, 0.6) is 0 Å². The highest BCUT2D eigenvalue weighted by molar-refractivity contribution is 5.94. The van der Waals surface area contributed by atoms with Crippen LogP contribution in [0.2, 0.25) is 0 Å². The summed E-state index contributed by atoms with van der Waals surface area (Å²) in [5.74, 6) is 0.229. The molecule has 3 heterocycles. The van der Waals surface area contributed by atoms with Gasteiger partial charge in [0.15, 0.2) is 11.5 Å². The molecule has 0 aliphatic heterocycles. The topological polar surface area (TPSA) is 129 Å². The Morgan fingerprint density at radius 1 is 0.953 bits per heavy atom. The molecule has 0 unspecified atom stereocenters. The summed E-state index contributed by atoms with van der Waals surface area (Å²) in [6.07, 6.45) is 5.64. The van der Waals surface area contributed by atoms with Gasteiger partial charge in [-0.05, 0) is 62.1 Å². The lowest BCUT2D eigenvalue weighted by Crippen LogP contribution is -2.27. The van der Waals surface area contributed by atoms with Crippen molar-refractivity contribution in [1.29, 1.82) is 0 Å². The van der Waals surface area contributed by atoms with E-state index in [0.717, 1.165) is 54.0 Å². The van der Waals surface area contributed by atoms with Gasteiger partial charge in [-0.2, -0.15) is 5.10 Å². The van der Waals surface area contributed by atoms with E-state index in [-0.39, 0.29) is 23.4 Å². The first-order valence-electron chi connectivity index (χ1n) is 14.5. The third kappa shape index (κ3) is 7.11. The fourth-order valence-electron chi connectivity index (χ4n) is 4.85. The molecule has 1 aliphatic rings. The van der Waals surface area contributed by atoms with Crippen LogP contribution < -0.4 is 15.5 Å². The van der Waals surface area contributed by atoms with Gasteiger partial charge in [0.2, 0.25) is 5.91 Å². The molecule has 1 aliphatic carbocycles. The normalized spacial score (nSPS) is 12.5. The molecule has 222 valence electrons. The average Bonchev–Trinajstić information content (AvgIpc) is 3.85. The highest BCUT2D eigenvalue weighted by Crippen LogP contribution is 2.37. The smallest absolute Gasteiger partial charge is 0.274 e.